The predicted molar refractivity (Wildman–Crippen MR) is 44.3 cm³/mol. The molecule has 0 aliphatic carbocycles. The maximum Gasteiger partial charge on any atom is 0.410 e. The molecule has 1 aromatic rings. The Bertz CT molecular complexity index is 316. The van der Waals surface area contributed by atoms with Gasteiger partial charge in [-0.05, 0) is 28.1 Å². The molecule has 0 fully saturated rings. The number of carbonyl (C=O) groups excluding carboxylic acids is 1. The molecule has 2 N–H and O–H groups in total. The van der Waals surface area contributed by atoms with Crippen molar-refractivity contribution in [3.63, 3.8) is 0 Å². The maximum absolute atomic E-state index is 12.5. The van der Waals surface area contributed by atoms with Crippen LogP contribution in [-0.2, 0) is 0 Å². The molecule has 0 saturated carbocycles. The van der Waals surface area contributed by atoms with E-state index >= 15 is 0 Å². The first-order chi connectivity index (χ1) is 5.59. The Morgan fingerprint density at radius 3 is 2.83 bits per heavy atom. The summed E-state index contributed by atoms with van der Waals surface area (Å²) in [5.74, 6) is -0.419. The molecule has 5 heteroatoms. The summed E-state index contributed by atoms with van der Waals surface area (Å²) < 4.78 is 17.5. The maximum atomic E-state index is 12.5. The first kappa shape index (κ1) is 8.99. The highest BCUT2D eigenvalue weighted by atomic mass is 79.9. The van der Waals surface area contributed by atoms with E-state index in [1.165, 1.54) is 12.1 Å². The highest BCUT2D eigenvalue weighted by molar-refractivity contribution is 9.10. The molecule has 0 atom stereocenters. The largest absolute Gasteiger partial charge is 0.410 e. The van der Waals surface area contributed by atoms with E-state index in [1.807, 2.05) is 0 Å². The van der Waals surface area contributed by atoms with E-state index in [9.17, 15) is 9.18 Å². The Kier molecular flexibility index (Phi) is 2.65. The van der Waals surface area contributed by atoms with Crippen LogP contribution in [-0.4, -0.2) is 6.09 Å². The van der Waals surface area contributed by atoms with E-state index in [1.54, 1.807) is 0 Å². The molecule has 0 aromatic heterocycles. The van der Waals surface area contributed by atoms with Gasteiger partial charge >= 0.3 is 6.09 Å². The zero-order valence-corrected chi connectivity index (χ0v) is 7.47. The summed E-state index contributed by atoms with van der Waals surface area (Å²) in [4.78, 5) is 10.3. The van der Waals surface area contributed by atoms with Crippen LogP contribution in [0.15, 0.2) is 22.7 Å². The van der Waals surface area contributed by atoms with Gasteiger partial charge in [-0.25, -0.2) is 9.18 Å². The fourth-order valence-electron chi connectivity index (χ4n) is 0.664. The molecule has 0 radical (unpaired) electrons. The molecule has 0 spiro atoms. The van der Waals surface area contributed by atoms with Crippen LogP contribution in [0.2, 0.25) is 0 Å². The minimum atomic E-state index is -0.971. The van der Waals surface area contributed by atoms with Crippen LogP contribution in [0, 0.1) is 5.82 Å². The minimum Gasteiger partial charge on any atom is -0.409 e. The zero-order valence-electron chi connectivity index (χ0n) is 5.88. The number of ether oxygens (including phenoxy) is 1. The average molecular weight is 234 g/mol. The third-order valence-electron chi connectivity index (χ3n) is 1.10. The molecule has 0 heterocycles. The van der Waals surface area contributed by atoms with Gasteiger partial charge in [-0.15, -0.1) is 0 Å². The lowest BCUT2D eigenvalue weighted by Crippen LogP contribution is -2.16. The van der Waals surface area contributed by atoms with Gasteiger partial charge in [-0.2, -0.15) is 0 Å². The number of amides is 1. The first-order valence-corrected chi connectivity index (χ1v) is 3.81. The molecular weight excluding hydrogens is 229 g/mol. The van der Waals surface area contributed by atoms with Crippen molar-refractivity contribution >= 4 is 22.0 Å². The molecule has 64 valence electrons. The van der Waals surface area contributed by atoms with Crippen LogP contribution in [0.4, 0.5) is 9.18 Å². The predicted octanol–water partition coefficient (Wildman–Crippen LogP) is 2.05. The highest BCUT2D eigenvalue weighted by Gasteiger charge is 2.04. The van der Waals surface area contributed by atoms with Crippen molar-refractivity contribution in [3.8, 4) is 5.75 Å². The molecule has 1 amide bonds. The van der Waals surface area contributed by atoms with Crippen LogP contribution >= 0.6 is 15.9 Å². The third kappa shape index (κ3) is 2.20. The fraction of sp³-hybridized carbons (Fsp3) is 0. The van der Waals surface area contributed by atoms with Gasteiger partial charge in [0, 0.05) is 6.07 Å². The number of benzene rings is 1. The summed E-state index contributed by atoms with van der Waals surface area (Å²) in [5, 5.41) is 0. The average Bonchev–Trinajstić information content (AvgIpc) is 1.96. The van der Waals surface area contributed by atoms with Gasteiger partial charge in [0.05, 0.1) is 4.47 Å². The van der Waals surface area contributed by atoms with Gasteiger partial charge < -0.3 is 10.5 Å². The Morgan fingerprint density at radius 2 is 2.25 bits per heavy atom. The number of nitrogens with two attached hydrogens (primary N) is 1. The standard InChI is InChI=1S/C7H5BrFNO2/c8-5-2-1-4(9)3-6(5)12-7(10)11/h1-3H,(H2,10,11). The van der Waals surface area contributed by atoms with E-state index in [0.29, 0.717) is 4.47 Å². The lowest BCUT2D eigenvalue weighted by Gasteiger charge is -2.02. The zero-order chi connectivity index (χ0) is 9.14. The van der Waals surface area contributed by atoms with Crippen molar-refractivity contribution < 1.29 is 13.9 Å². The summed E-state index contributed by atoms with van der Waals surface area (Å²) in [5.41, 5.74) is 4.74. The molecule has 0 unspecified atom stereocenters. The smallest absolute Gasteiger partial charge is 0.409 e. The third-order valence-corrected chi connectivity index (χ3v) is 1.76. The van der Waals surface area contributed by atoms with Crippen molar-refractivity contribution in [2.75, 3.05) is 0 Å². The van der Waals surface area contributed by atoms with Crippen molar-refractivity contribution in [3.05, 3.63) is 28.5 Å². The van der Waals surface area contributed by atoms with Gasteiger partial charge in [-0.1, -0.05) is 0 Å². The van der Waals surface area contributed by atoms with Crippen LogP contribution in [0.1, 0.15) is 0 Å². The molecular formula is C7H5BrFNO2. The monoisotopic (exact) mass is 233 g/mol. The van der Waals surface area contributed by atoms with Crippen molar-refractivity contribution in [2.45, 2.75) is 0 Å². The van der Waals surface area contributed by atoms with E-state index in [4.69, 9.17) is 5.73 Å². The van der Waals surface area contributed by atoms with Gasteiger partial charge in [0.1, 0.15) is 11.6 Å². The van der Waals surface area contributed by atoms with Gasteiger partial charge in [0.15, 0.2) is 0 Å². The van der Waals surface area contributed by atoms with Crippen molar-refractivity contribution in [2.24, 2.45) is 5.73 Å². The number of rotatable bonds is 1. The molecule has 0 aliphatic rings. The molecule has 0 saturated heterocycles. The minimum absolute atomic E-state index is 0.0718. The number of hydrogen-bond acceptors (Lipinski definition) is 2. The molecule has 12 heavy (non-hydrogen) atoms. The Hall–Kier alpha value is -1.10. The lowest BCUT2D eigenvalue weighted by molar-refractivity contribution is 0.210. The summed E-state index contributed by atoms with van der Waals surface area (Å²) in [6.07, 6.45) is -0.971. The number of primary amides is 1. The van der Waals surface area contributed by atoms with Gasteiger partial charge in [-0.3, -0.25) is 0 Å². The van der Waals surface area contributed by atoms with Crippen LogP contribution < -0.4 is 10.5 Å². The van der Waals surface area contributed by atoms with Crippen LogP contribution in [0.5, 0.6) is 5.75 Å². The Labute approximate surface area is 76.4 Å². The van der Waals surface area contributed by atoms with E-state index in [2.05, 4.69) is 20.7 Å². The van der Waals surface area contributed by atoms with Gasteiger partial charge in [0.25, 0.3) is 0 Å². The van der Waals surface area contributed by atoms with Gasteiger partial charge in [0.2, 0.25) is 0 Å². The van der Waals surface area contributed by atoms with E-state index in [-0.39, 0.29) is 5.75 Å². The van der Waals surface area contributed by atoms with E-state index in [0.717, 1.165) is 6.07 Å². The summed E-state index contributed by atoms with van der Waals surface area (Å²) in [6.45, 7) is 0. The summed E-state index contributed by atoms with van der Waals surface area (Å²) in [7, 11) is 0. The highest BCUT2D eigenvalue weighted by Crippen LogP contribution is 2.25. The number of halogens is 2. The molecule has 1 aromatic carbocycles. The van der Waals surface area contributed by atoms with Crippen molar-refractivity contribution in [1.82, 2.24) is 0 Å². The quantitative estimate of drug-likeness (QED) is 0.808. The van der Waals surface area contributed by atoms with Crippen LogP contribution in [0.3, 0.4) is 0 Å². The van der Waals surface area contributed by atoms with Crippen LogP contribution in [0.25, 0.3) is 0 Å². The summed E-state index contributed by atoms with van der Waals surface area (Å²) >= 11 is 3.06. The summed E-state index contributed by atoms with van der Waals surface area (Å²) in [6, 6.07) is 3.72. The normalized spacial score (nSPS) is 9.50. The second-order valence-corrected chi connectivity index (χ2v) is 2.85. The Balaban J connectivity index is 2.97. The SMILES string of the molecule is NC(=O)Oc1cc(F)ccc1Br. The molecule has 0 aliphatic heterocycles. The van der Waals surface area contributed by atoms with Crippen molar-refractivity contribution in [1.29, 1.82) is 0 Å². The van der Waals surface area contributed by atoms with E-state index < -0.39 is 11.9 Å². The topological polar surface area (TPSA) is 52.3 Å². The lowest BCUT2D eigenvalue weighted by atomic mass is 10.3. The fourth-order valence-corrected chi connectivity index (χ4v) is 0.991. The second-order valence-electron chi connectivity index (χ2n) is 2.00. The second kappa shape index (κ2) is 3.53. The molecule has 1 rings (SSSR count). The first-order valence-electron chi connectivity index (χ1n) is 3.02. The number of carbonyl (C=O) groups is 1. The Morgan fingerprint density at radius 1 is 1.58 bits per heavy atom. The molecule has 3 nitrogen and oxygen atoms in total. The molecule has 0 bridgehead atoms. The number of hydrogen-bond donors (Lipinski definition) is 1.